The van der Waals surface area contributed by atoms with Gasteiger partial charge in [0.15, 0.2) is 0 Å². The van der Waals surface area contributed by atoms with Crippen LogP contribution in [0, 0.1) is 0 Å². The highest BCUT2D eigenvalue weighted by Gasteiger charge is 2.24. The van der Waals surface area contributed by atoms with Crippen molar-refractivity contribution in [2.75, 3.05) is 25.4 Å². The summed E-state index contributed by atoms with van der Waals surface area (Å²) >= 11 is 0. The average molecular weight is 445 g/mol. The van der Waals surface area contributed by atoms with Crippen LogP contribution < -0.4 is 15.4 Å². The lowest BCUT2D eigenvalue weighted by atomic mass is 10.2. The summed E-state index contributed by atoms with van der Waals surface area (Å²) in [6.07, 6.45) is -0.168. The van der Waals surface area contributed by atoms with Gasteiger partial charge in [0.05, 0.1) is 12.4 Å². The Morgan fingerprint density at radius 1 is 1.07 bits per heavy atom. The van der Waals surface area contributed by atoms with Crippen LogP contribution in [-0.2, 0) is 30.9 Å². The second-order valence-electron chi connectivity index (χ2n) is 6.19. The normalized spacial score (nSPS) is 11.9. The van der Waals surface area contributed by atoms with E-state index in [2.05, 4.69) is 10.6 Å². The average Bonchev–Trinajstić information content (AvgIpc) is 2.70. The quantitative estimate of drug-likeness (QED) is 0.325. The van der Waals surface area contributed by atoms with Gasteiger partial charge in [-0.1, -0.05) is 43.7 Å². The smallest absolute Gasteiger partial charge is 0.407 e. The summed E-state index contributed by atoms with van der Waals surface area (Å²) in [4.78, 5) is 34.3. The molecular formula is C18H27N3O8S. The van der Waals surface area contributed by atoms with Crippen LogP contribution in [-0.4, -0.2) is 63.2 Å². The Labute approximate surface area is 175 Å². The van der Waals surface area contributed by atoms with E-state index >= 15 is 0 Å². The minimum absolute atomic E-state index is 0.0266. The monoisotopic (exact) mass is 445 g/mol. The Bertz CT molecular complexity index is 786. The molecule has 1 aromatic rings. The number of hydrogen-bond acceptors (Lipinski definition) is 7. The maximum Gasteiger partial charge on any atom is 0.407 e. The van der Waals surface area contributed by atoms with Gasteiger partial charge in [-0.3, -0.25) is 4.79 Å². The first kappa shape index (κ1) is 25.2. The van der Waals surface area contributed by atoms with E-state index in [-0.39, 0.29) is 19.8 Å². The fourth-order valence-corrected chi connectivity index (χ4v) is 3.17. The predicted molar refractivity (Wildman–Crippen MR) is 107 cm³/mol. The number of rotatable bonds is 13. The third kappa shape index (κ3) is 11.2. The molecule has 2 amide bonds. The van der Waals surface area contributed by atoms with Gasteiger partial charge >= 0.3 is 18.2 Å². The van der Waals surface area contributed by atoms with E-state index in [9.17, 15) is 22.8 Å². The van der Waals surface area contributed by atoms with Crippen LogP contribution in [0.2, 0.25) is 0 Å². The number of amides is 2. The van der Waals surface area contributed by atoms with Gasteiger partial charge in [-0.15, -0.1) is 0 Å². The highest BCUT2D eigenvalue weighted by atomic mass is 32.2. The number of nitrogens with one attached hydrogen (secondary N) is 3. The molecule has 1 rings (SSSR count). The number of unbranched alkanes of at least 4 members (excludes halogenated alkanes) is 1. The molecule has 0 radical (unpaired) electrons. The van der Waals surface area contributed by atoms with Gasteiger partial charge in [0.1, 0.15) is 12.6 Å². The molecular weight excluding hydrogens is 418 g/mol. The number of alkyl carbamates (subject to hydrolysis) is 2. The van der Waals surface area contributed by atoms with Crippen LogP contribution in [0.1, 0.15) is 25.3 Å². The molecule has 0 heterocycles. The third-order valence-corrected chi connectivity index (χ3v) is 5.04. The number of sulfonamides is 1. The van der Waals surface area contributed by atoms with Crippen molar-refractivity contribution in [3.05, 3.63) is 35.9 Å². The van der Waals surface area contributed by atoms with Crippen molar-refractivity contribution in [1.82, 2.24) is 15.4 Å². The van der Waals surface area contributed by atoms with Gasteiger partial charge in [0, 0.05) is 13.1 Å². The largest absolute Gasteiger partial charge is 0.480 e. The molecule has 4 N–H and O–H groups in total. The van der Waals surface area contributed by atoms with Crippen molar-refractivity contribution in [1.29, 1.82) is 0 Å². The summed E-state index contributed by atoms with van der Waals surface area (Å²) in [6.45, 7) is 1.33. The van der Waals surface area contributed by atoms with Crippen molar-refractivity contribution < 1.29 is 37.4 Å². The Hall–Kier alpha value is -2.86. The molecule has 0 unspecified atom stereocenters. The van der Waals surface area contributed by atoms with Gasteiger partial charge in [-0.25, -0.2) is 18.0 Å². The zero-order valence-electron chi connectivity index (χ0n) is 16.6. The molecule has 0 aromatic heterocycles. The summed E-state index contributed by atoms with van der Waals surface area (Å²) in [5.41, 5.74) is 0.770. The Morgan fingerprint density at radius 3 is 2.37 bits per heavy atom. The van der Waals surface area contributed by atoms with Crippen LogP contribution in [0.3, 0.4) is 0 Å². The number of carboxylic acid groups (broad SMARTS) is 1. The zero-order valence-corrected chi connectivity index (χ0v) is 17.4. The summed E-state index contributed by atoms with van der Waals surface area (Å²) in [6, 6.07) is 7.33. The highest BCUT2D eigenvalue weighted by molar-refractivity contribution is 7.89. The summed E-state index contributed by atoms with van der Waals surface area (Å²) in [7, 11) is -4.05. The lowest BCUT2D eigenvalue weighted by Gasteiger charge is -2.15. The predicted octanol–water partition coefficient (Wildman–Crippen LogP) is 0.812. The van der Waals surface area contributed by atoms with E-state index < -0.39 is 46.5 Å². The molecule has 0 aliphatic carbocycles. The third-order valence-electron chi connectivity index (χ3n) is 3.65. The first-order valence-corrected chi connectivity index (χ1v) is 11.0. The number of carboxylic acids is 1. The van der Waals surface area contributed by atoms with E-state index in [0.717, 1.165) is 12.0 Å². The molecule has 0 fully saturated rings. The number of benzene rings is 1. The van der Waals surface area contributed by atoms with Crippen LogP contribution in [0.15, 0.2) is 30.3 Å². The van der Waals surface area contributed by atoms with Crippen LogP contribution >= 0.6 is 0 Å². The van der Waals surface area contributed by atoms with Crippen molar-refractivity contribution in [2.24, 2.45) is 0 Å². The second kappa shape index (κ2) is 13.4. The zero-order chi connectivity index (χ0) is 22.4. The summed E-state index contributed by atoms with van der Waals surface area (Å²) in [5.74, 6) is -2.04. The summed E-state index contributed by atoms with van der Waals surface area (Å²) in [5, 5.41) is 13.6. The molecule has 0 saturated heterocycles. The fourth-order valence-electron chi connectivity index (χ4n) is 2.06. The molecule has 0 bridgehead atoms. The lowest BCUT2D eigenvalue weighted by Crippen LogP contribution is -2.49. The molecule has 0 saturated carbocycles. The Kier molecular flexibility index (Phi) is 11.2. The second-order valence-corrected chi connectivity index (χ2v) is 8.06. The van der Waals surface area contributed by atoms with Gasteiger partial charge in [0.25, 0.3) is 0 Å². The number of aliphatic carboxylic acids is 1. The van der Waals surface area contributed by atoms with Crippen molar-refractivity contribution in [2.45, 2.75) is 32.4 Å². The van der Waals surface area contributed by atoms with Crippen molar-refractivity contribution >= 4 is 28.2 Å². The maximum absolute atomic E-state index is 12.1. The number of carbonyl (C=O) groups excluding carboxylic acids is 2. The van der Waals surface area contributed by atoms with E-state index in [1.165, 1.54) is 0 Å². The van der Waals surface area contributed by atoms with Crippen molar-refractivity contribution in [3.63, 3.8) is 0 Å². The number of hydrogen-bond donors (Lipinski definition) is 4. The Balaban J connectivity index is 2.36. The molecule has 0 aliphatic heterocycles. The first-order chi connectivity index (χ1) is 14.2. The number of carbonyl (C=O) groups is 3. The van der Waals surface area contributed by atoms with E-state index in [4.69, 9.17) is 14.6 Å². The molecule has 11 nitrogen and oxygen atoms in total. The lowest BCUT2D eigenvalue weighted by molar-refractivity contribution is -0.138. The molecule has 0 aliphatic rings. The van der Waals surface area contributed by atoms with Crippen LogP contribution in [0.4, 0.5) is 9.59 Å². The van der Waals surface area contributed by atoms with E-state index in [0.29, 0.717) is 6.42 Å². The van der Waals surface area contributed by atoms with Gasteiger partial charge in [0.2, 0.25) is 10.0 Å². The molecule has 1 aromatic carbocycles. The Morgan fingerprint density at radius 2 is 1.73 bits per heavy atom. The van der Waals surface area contributed by atoms with Crippen LogP contribution in [0.25, 0.3) is 0 Å². The molecule has 168 valence electrons. The van der Waals surface area contributed by atoms with Crippen LogP contribution in [0.5, 0.6) is 0 Å². The van der Waals surface area contributed by atoms with Gasteiger partial charge in [-0.2, -0.15) is 4.72 Å². The molecule has 30 heavy (non-hydrogen) atoms. The van der Waals surface area contributed by atoms with Crippen molar-refractivity contribution in [3.8, 4) is 0 Å². The standard InChI is InChI=1S/C18H27N3O8S/c1-2-3-10-28-18(25)20-12-15(16(22)23)21-30(26,27)11-9-19-17(24)29-13-14-7-5-4-6-8-14/h4-8,15,21H,2-3,9-13H2,1H3,(H,19,24)(H,20,25)(H,22,23)/t15-/m0/s1. The topological polar surface area (TPSA) is 160 Å². The molecule has 0 spiro atoms. The van der Waals surface area contributed by atoms with Gasteiger partial charge < -0.3 is 25.2 Å². The molecule has 12 heteroatoms. The fraction of sp³-hybridized carbons (Fsp3) is 0.500. The highest BCUT2D eigenvalue weighted by Crippen LogP contribution is 2.00. The van der Waals surface area contributed by atoms with E-state index in [1.807, 2.05) is 17.7 Å². The molecule has 1 atom stereocenters. The number of ether oxygens (including phenoxy) is 2. The maximum atomic E-state index is 12.1. The minimum atomic E-state index is -4.05. The SMILES string of the molecule is CCCCOC(=O)NC[C@H](NS(=O)(=O)CCNC(=O)OCc1ccccc1)C(=O)O. The minimum Gasteiger partial charge on any atom is -0.480 e. The van der Waals surface area contributed by atoms with E-state index in [1.54, 1.807) is 24.3 Å². The van der Waals surface area contributed by atoms with Gasteiger partial charge in [-0.05, 0) is 12.0 Å². The first-order valence-electron chi connectivity index (χ1n) is 9.31. The summed E-state index contributed by atoms with van der Waals surface area (Å²) < 4.78 is 35.8.